The minimum absolute atomic E-state index is 0.372. The third-order valence-corrected chi connectivity index (χ3v) is 3.88. The van der Waals surface area contributed by atoms with Crippen LogP contribution in [0.2, 0.25) is 0 Å². The Bertz CT molecular complexity index is 623. The van der Waals surface area contributed by atoms with Crippen molar-refractivity contribution in [2.45, 2.75) is 6.42 Å². The first-order valence-electron chi connectivity index (χ1n) is 6.98. The first-order valence-corrected chi connectivity index (χ1v) is 6.98. The van der Waals surface area contributed by atoms with Crippen LogP contribution in [0.3, 0.4) is 0 Å². The van der Waals surface area contributed by atoms with Crippen molar-refractivity contribution in [3.63, 3.8) is 0 Å². The smallest absolute Gasteiger partial charge is 0.203 e. The molecule has 0 fully saturated rings. The Labute approximate surface area is 120 Å². The topological polar surface area (TPSA) is 15.5 Å². The summed E-state index contributed by atoms with van der Waals surface area (Å²) in [6.07, 6.45) is 14.1. The second kappa shape index (κ2) is 4.82. The van der Waals surface area contributed by atoms with E-state index >= 15 is 0 Å². The molecule has 0 saturated carbocycles. The van der Waals surface area contributed by atoms with Crippen molar-refractivity contribution in [3.05, 3.63) is 59.2 Å². The van der Waals surface area contributed by atoms with Gasteiger partial charge in [0.2, 0.25) is 5.71 Å². The lowest BCUT2D eigenvalue weighted by Crippen LogP contribution is -2.21. The SMILES string of the molecule is CN(C)C1=CCC2C=C3C=CC(=[N+](C)C)C=C3OC2=C1. The molecule has 0 radical (unpaired) electrons. The van der Waals surface area contributed by atoms with Gasteiger partial charge in [0.05, 0.1) is 6.08 Å². The number of allylic oxidation sites excluding steroid dienone is 6. The van der Waals surface area contributed by atoms with Gasteiger partial charge in [0.1, 0.15) is 25.6 Å². The molecule has 1 atom stereocenters. The molecular formula is C17H21N2O+. The van der Waals surface area contributed by atoms with Crippen LogP contribution in [0.5, 0.6) is 0 Å². The third-order valence-electron chi connectivity index (χ3n) is 3.88. The van der Waals surface area contributed by atoms with Gasteiger partial charge in [-0.3, -0.25) is 0 Å². The molecule has 1 heterocycles. The number of likely N-dealkylation sites (N-methyl/N-ethyl adjacent to an activating group) is 1. The monoisotopic (exact) mass is 269 g/mol. The van der Waals surface area contributed by atoms with E-state index < -0.39 is 0 Å². The Balaban J connectivity index is 1.96. The molecule has 0 spiro atoms. The van der Waals surface area contributed by atoms with E-state index in [-0.39, 0.29) is 0 Å². The Morgan fingerprint density at radius 2 is 2.00 bits per heavy atom. The van der Waals surface area contributed by atoms with Crippen LogP contribution in [-0.4, -0.2) is 43.4 Å². The highest BCUT2D eigenvalue weighted by atomic mass is 16.5. The summed E-state index contributed by atoms with van der Waals surface area (Å²) in [4.78, 5) is 2.12. The number of nitrogens with zero attached hydrogens (tertiary/aromatic N) is 2. The summed E-state index contributed by atoms with van der Waals surface area (Å²) in [6.45, 7) is 0. The summed E-state index contributed by atoms with van der Waals surface area (Å²) in [5.41, 5.74) is 3.58. The van der Waals surface area contributed by atoms with Crippen molar-refractivity contribution in [2.75, 3.05) is 28.2 Å². The van der Waals surface area contributed by atoms with Crippen LogP contribution in [0.4, 0.5) is 0 Å². The number of hydrogen-bond acceptors (Lipinski definition) is 2. The fourth-order valence-electron chi connectivity index (χ4n) is 2.61. The number of ether oxygens (including phenoxy) is 1. The number of rotatable bonds is 1. The van der Waals surface area contributed by atoms with Crippen LogP contribution >= 0.6 is 0 Å². The fourth-order valence-corrected chi connectivity index (χ4v) is 2.61. The van der Waals surface area contributed by atoms with Gasteiger partial charge < -0.3 is 9.64 Å². The average molecular weight is 269 g/mol. The molecule has 1 unspecified atom stereocenters. The summed E-state index contributed by atoms with van der Waals surface area (Å²) < 4.78 is 8.24. The van der Waals surface area contributed by atoms with E-state index in [0.29, 0.717) is 5.92 Å². The Kier molecular flexibility index (Phi) is 3.13. The van der Waals surface area contributed by atoms with E-state index in [4.69, 9.17) is 4.74 Å². The second-order valence-electron chi connectivity index (χ2n) is 5.80. The highest BCUT2D eigenvalue weighted by Gasteiger charge is 2.27. The maximum atomic E-state index is 6.14. The first kappa shape index (κ1) is 13.0. The molecule has 1 aliphatic heterocycles. The van der Waals surface area contributed by atoms with Gasteiger partial charge in [-0.25, -0.2) is 4.58 Å². The summed E-state index contributed by atoms with van der Waals surface area (Å²) in [6, 6.07) is 0. The van der Waals surface area contributed by atoms with Crippen LogP contribution in [0.25, 0.3) is 0 Å². The molecule has 3 nitrogen and oxygen atoms in total. The van der Waals surface area contributed by atoms with E-state index in [0.717, 1.165) is 23.7 Å². The van der Waals surface area contributed by atoms with Crippen molar-refractivity contribution in [3.8, 4) is 0 Å². The van der Waals surface area contributed by atoms with Crippen LogP contribution in [0.1, 0.15) is 6.42 Å². The van der Waals surface area contributed by atoms with Crippen LogP contribution < -0.4 is 0 Å². The molecule has 104 valence electrons. The minimum atomic E-state index is 0.372. The lowest BCUT2D eigenvalue weighted by molar-refractivity contribution is -0.462. The van der Waals surface area contributed by atoms with Gasteiger partial charge >= 0.3 is 0 Å². The molecule has 0 N–H and O–H groups in total. The zero-order chi connectivity index (χ0) is 14.3. The molecule has 0 bridgehead atoms. The normalized spacial score (nSPS) is 23.6. The molecule has 0 saturated heterocycles. The standard InChI is InChI=1S/C17H21N2O/c1-18(2)14-7-5-12-9-13-6-8-15(19(3)4)11-17(13)20-16(12)10-14/h5,7-11,13H,6H2,1-4H3/q+1. The zero-order valence-electron chi connectivity index (χ0n) is 12.6. The van der Waals surface area contributed by atoms with Gasteiger partial charge in [-0.2, -0.15) is 0 Å². The minimum Gasteiger partial charge on any atom is -0.460 e. The lowest BCUT2D eigenvalue weighted by atomic mass is 9.90. The van der Waals surface area contributed by atoms with Crippen LogP contribution in [-0.2, 0) is 4.74 Å². The molecule has 0 aromatic heterocycles. The van der Waals surface area contributed by atoms with Gasteiger partial charge in [-0.05, 0) is 12.5 Å². The van der Waals surface area contributed by atoms with Gasteiger partial charge in [-0.15, -0.1) is 0 Å². The van der Waals surface area contributed by atoms with Crippen LogP contribution in [0.15, 0.2) is 59.2 Å². The van der Waals surface area contributed by atoms with Gasteiger partial charge in [0, 0.05) is 43.4 Å². The van der Waals surface area contributed by atoms with Crippen molar-refractivity contribution in [1.82, 2.24) is 4.90 Å². The van der Waals surface area contributed by atoms with E-state index in [1.807, 2.05) is 14.1 Å². The average Bonchev–Trinajstić information content (AvgIpc) is 2.43. The van der Waals surface area contributed by atoms with Gasteiger partial charge in [-0.1, -0.05) is 12.2 Å². The largest absolute Gasteiger partial charge is 0.460 e. The summed E-state index contributed by atoms with van der Waals surface area (Å²) >= 11 is 0. The highest BCUT2D eigenvalue weighted by molar-refractivity contribution is 6.03. The number of fused-ring (bicyclic) bond motifs is 2. The Morgan fingerprint density at radius 1 is 1.20 bits per heavy atom. The Hall–Kier alpha value is -2.03. The lowest BCUT2D eigenvalue weighted by Gasteiger charge is -2.30. The van der Waals surface area contributed by atoms with Crippen molar-refractivity contribution >= 4 is 5.71 Å². The second-order valence-corrected chi connectivity index (χ2v) is 5.80. The van der Waals surface area contributed by atoms with E-state index in [1.165, 1.54) is 11.3 Å². The maximum absolute atomic E-state index is 6.14. The predicted octanol–water partition coefficient (Wildman–Crippen LogP) is 2.46. The summed E-state index contributed by atoms with van der Waals surface area (Å²) in [7, 11) is 8.22. The number of hydrogen-bond donors (Lipinski definition) is 0. The van der Waals surface area contributed by atoms with E-state index in [9.17, 15) is 0 Å². The van der Waals surface area contributed by atoms with E-state index in [1.54, 1.807) is 0 Å². The fraction of sp³-hybridized carbons (Fsp3) is 0.353. The van der Waals surface area contributed by atoms with Crippen molar-refractivity contribution < 1.29 is 9.31 Å². The van der Waals surface area contributed by atoms with E-state index in [2.05, 4.69) is 60.0 Å². The third kappa shape index (κ3) is 2.24. The molecule has 2 aliphatic carbocycles. The molecule has 3 aliphatic rings. The molecule has 3 rings (SSSR count). The molecule has 3 heteroatoms. The maximum Gasteiger partial charge on any atom is 0.203 e. The molecule has 20 heavy (non-hydrogen) atoms. The van der Waals surface area contributed by atoms with Crippen molar-refractivity contribution in [2.24, 2.45) is 5.92 Å². The van der Waals surface area contributed by atoms with Crippen molar-refractivity contribution in [1.29, 1.82) is 0 Å². The quantitative estimate of drug-likeness (QED) is 0.680. The molecule has 0 aromatic carbocycles. The van der Waals surface area contributed by atoms with Crippen LogP contribution in [0, 0.1) is 5.92 Å². The van der Waals surface area contributed by atoms with Gasteiger partial charge in [0.15, 0.2) is 0 Å². The molecule has 0 amide bonds. The highest BCUT2D eigenvalue weighted by Crippen LogP contribution is 2.37. The molecule has 0 aromatic rings. The Morgan fingerprint density at radius 3 is 2.70 bits per heavy atom. The predicted molar refractivity (Wildman–Crippen MR) is 81.5 cm³/mol. The first-order chi connectivity index (χ1) is 9.54. The molecular weight excluding hydrogens is 248 g/mol. The summed E-state index contributed by atoms with van der Waals surface area (Å²) in [5, 5.41) is 0. The summed E-state index contributed by atoms with van der Waals surface area (Å²) in [5.74, 6) is 2.38. The zero-order valence-corrected chi connectivity index (χ0v) is 12.6. The van der Waals surface area contributed by atoms with Gasteiger partial charge in [0.25, 0.3) is 0 Å².